The van der Waals surface area contributed by atoms with Gasteiger partial charge in [-0.1, -0.05) is 61.9 Å². The number of para-hydroxylation sites is 2. The average Bonchev–Trinajstić information content (AvgIpc) is 2.68. The van der Waals surface area contributed by atoms with Crippen LogP contribution < -0.4 is 4.90 Å². The normalized spacial score (nSPS) is 11.1. The Morgan fingerprint density at radius 1 is 0.643 bits per heavy atom. The van der Waals surface area contributed by atoms with Crippen LogP contribution in [0.15, 0.2) is 84.9 Å². The zero-order chi connectivity index (χ0) is 20.4. The van der Waals surface area contributed by atoms with Gasteiger partial charge in [0.05, 0.1) is 0 Å². The molecule has 0 aliphatic heterocycles. The lowest BCUT2D eigenvalue weighted by atomic mass is 10.1. The maximum atomic E-state index is 9.75. The number of nitrogens with one attached hydrogen (secondary N) is 1. The average molecular weight is 389 g/mol. The first-order valence-corrected chi connectivity index (χ1v) is 9.33. The third kappa shape index (κ3) is 7.57. The fraction of sp³-hybridized carbons (Fsp3) is 0.182. The summed E-state index contributed by atoms with van der Waals surface area (Å²) in [5, 5.41) is 0. The molecule has 0 amide bonds. The second kappa shape index (κ2) is 10.7. The van der Waals surface area contributed by atoms with Crippen molar-refractivity contribution in [2.45, 2.75) is 26.2 Å². The molecule has 1 nitrogen and oxygen atoms in total. The van der Waals surface area contributed by atoms with E-state index in [2.05, 4.69) is 91.9 Å². The van der Waals surface area contributed by atoms with Gasteiger partial charge in [-0.15, -0.1) is 0 Å². The summed E-state index contributed by atoms with van der Waals surface area (Å²) >= 11 is 0. The largest absolute Gasteiger partial charge is 0.673 e. The minimum Gasteiger partial charge on any atom is -0.418 e. The van der Waals surface area contributed by atoms with Crippen molar-refractivity contribution in [2.75, 3.05) is 0 Å². The van der Waals surface area contributed by atoms with Gasteiger partial charge in [0.25, 0.3) is 0 Å². The number of aryl methyl sites for hydroxylation is 1. The van der Waals surface area contributed by atoms with Gasteiger partial charge >= 0.3 is 7.25 Å². The number of rotatable bonds is 6. The van der Waals surface area contributed by atoms with Crippen molar-refractivity contribution in [1.82, 2.24) is 0 Å². The lowest BCUT2D eigenvalue weighted by Crippen LogP contribution is -2.96. The maximum Gasteiger partial charge on any atom is 0.673 e. The Kier molecular flexibility index (Phi) is 8.27. The Labute approximate surface area is 163 Å². The predicted molar refractivity (Wildman–Crippen MR) is 108 cm³/mol. The van der Waals surface area contributed by atoms with E-state index in [1.165, 1.54) is 46.8 Å². The zero-order valence-electron chi connectivity index (χ0n) is 15.8. The number of benzene rings is 3. The molecular formula is C22H24BF4N. The molecule has 0 fully saturated rings. The lowest BCUT2D eigenvalue weighted by molar-refractivity contribution is -0.681. The van der Waals surface area contributed by atoms with Crippen molar-refractivity contribution in [3.8, 4) is 0 Å². The van der Waals surface area contributed by atoms with Crippen molar-refractivity contribution in [3.63, 3.8) is 0 Å². The van der Waals surface area contributed by atoms with Gasteiger partial charge in [0.2, 0.25) is 0 Å². The Bertz CT molecular complexity index is 760. The standard InChI is InChI=1S/C22H23N.BF4/c1-2-3-10-19-15-17-22(18-16-19)23(20-11-6-4-7-12-20)21-13-8-5-9-14-21;2-1(3,4)5/h4-9,11-18H,2-3,10H2,1H3;/q;-1/p+1. The molecule has 0 spiro atoms. The van der Waals surface area contributed by atoms with Gasteiger partial charge in [0, 0.05) is 12.1 Å². The Morgan fingerprint density at radius 2 is 1.04 bits per heavy atom. The van der Waals surface area contributed by atoms with E-state index < -0.39 is 7.25 Å². The van der Waals surface area contributed by atoms with Gasteiger partial charge < -0.3 is 17.3 Å². The summed E-state index contributed by atoms with van der Waals surface area (Å²) in [4.78, 5) is 1.30. The SMILES string of the molecule is CCCCc1ccc([NH+](c2ccccc2)c2ccccc2)cc1.F[B-](F)(F)F. The number of quaternary nitrogens is 1. The van der Waals surface area contributed by atoms with Gasteiger partial charge in [0.1, 0.15) is 17.1 Å². The third-order valence-corrected chi connectivity index (χ3v) is 4.19. The summed E-state index contributed by atoms with van der Waals surface area (Å²) in [5.41, 5.74) is 5.23. The number of hydrogen-bond acceptors (Lipinski definition) is 0. The fourth-order valence-electron chi connectivity index (χ4n) is 2.93. The first-order chi connectivity index (χ1) is 13.4. The summed E-state index contributed by atoms with van der Waals surface area (Å²) in [6.45, 7) is 2.24. The lowest BCUT2D eigenvalue weighted by Gasteiger charge is -2.18. The Morgan fingerprint density at radius 3 is 1.43 bits per heavy atom. The van der Waals surface area contributed by atoms with Crippen LogP contribution in [0.25, 0.3) is 0 Å². The minimum absolute atomic E-state index is 1.17. The van der Waals surface area contributed by atoms with Crippen LogP contribution in [-0.4, -0.2) is 7.25 Å². The molecule has 0 aliphatic carbocycles. The van der Waals surface area contributed by atoms with Gasteiger partial charge in [-0.05, 0) is 42.7 Å². The van der Waals surface area contributed by atoms with Crippen LogP contribution in [0.2, 0.25) is 0 Å². The van der Waals surface area contributed by atoms with Crippen LogP contribution in [0.4, 0.5) is 34.3 Å². The van der Waals surface area contributed by atoms with Crippen LogP contribution in [0.3, 0.4) is 0 Å². The zero-order valence-corrected chi connectivity index (χ0v) is 15.8. The predicted octanol–water partition coefficient (Wildman–Crippen LogP) is 6.51. The number of hydrogen-bond donors (Lipinski definition) is 1. The highest BCUT2D eigenvalue weighted by molar-refractivity contribution is 6.50. The summed E-state index contributed by atoms with van der Waals surface area (Å²) in [5.74, 6) is 0. The highest BCUT2D eigenvalue weighted by atomic mass is 19.5. The molecule has 0 aromatic heterocycles. The van der Waals surface area contributed by atoms with E-state index in [1.54, 1.807) is 0 Å². The van der Waals surface area contributed by atoms with Crippen molar-refractivity contribution in [3.05, 3.63) is 90.5 Å². The second-order valence-corrected chi connectivity index (χ2v) is 6.40. The van der Waals surface area contributed by atoms with E-state index in [9.17, 15) is 17.3 Å². The molecule has 1 N–H and O–H groups in total. The van der Waals surface area contributed by atoms with Crippen molar-refractivity contribution in [2.24, 2.45) is 0 Å². The van der Waals surface area contributed by atoms with Gasteiger partial charge in [-0.3, -0.25) is 0 Å². The van der Waals surface area contributed by atoms with Crippen molar-refractivity contribution < 1.29 is 22.2 Å². The topological polar surface area (TPSA) is 4.44 Å². The molecule has 0 saturated heterocycles. The first-order valence-electron chi connectivity index (χ1n) is 9.33. The van der Waals surface area contributed by atoms with Gasteiger partial charge in [0.15, 0.2) is 0 Å². The van der Waals surface area contributed by atoms with E-state index in [0.717, 1.165) is 0 Å². The van der Waals surface area contributed by atoms with E-state index in [0.29, 0.717) is 0 Å². The van der Waals surface area contributed by atoms with Crippen LogP contribution in [0, 0.1) is 0 Å². The van der Waals surface area contributed by atoms with Crippen molar-refractivity contribution in [1.29, 1.82) is 0 Å². The molecule has 28 heavy (non-hydrogen) atoms. The highest BCUT2D eigenvalue weighted by Crippen LogP contribution is 2.16. The molecule has 0 radical (unpaired) electrons. The quantitative estimate of drug-likeness (QED) is 0.362. The molecule has 0 atom stereocenters. The molecule has 0 unspecified atom stereocenters. The monoisotopic (exact) mass is 389 g/mol. The molecule has 0 aliphatic rings. The molecule has 3 aromatic rings. The minimum atomic E-state index is -6.00. The summed E-state index contributed by atoms with van der Waals surface area (Å²) in [6, 6.07) is 30.4. The van der Waals surface area contributed by atoms with E-state index >= 15 is 0 Å². The number of unbranched alkanes of at least 4 members (excludes halogenated alkanes) is 1. The molecule has 0 bridgehead atoms. The fourth-order valence-corrected chi connectivity index (χ4v) is 2.93. The molecule has 0 saturated carbocycles. The Balaban J connectivity index is 0.000000500. The molecule has 6 heteroatoms. The van der Waals surface area contributed by atoms with Crippen LogP contribution in [-0.2, 0) is 6.42 Å². The Hall–Kier alpha value is -2.60. The van der Waals surface area contributed by atoms with E-state index in [4.69, 9.17) is 0 Å². The first kappa shape index (κ1) is 21.7. The molecular weight excluding hydrogens is 365 g/mol. The molecule has 0 heterocycles. The highest BCUT2D eigenvalue weighted by Gasteiger charge is 2.20. The van der Waals surface area contributed by atoms with Crippen LogP contribution in [0.5, 0.6) is 0 Å². The maximum absolute atomic E-state index is 9.75. The summed E-state index contributed by atoms with van der Waals surface area (Å²) in [6.07, 6.45) is 3.67. The number of halogens is 4. The smallest absolute Gasteiger partial charge is 0.418 e. The van der Waals surface area contributed by atoms with E-state index in [1.807, 2.05) is 0 Å². The van der Waals surface area contributed by atoms with Crippen molar-refractivity contribution >= 4 is 24.3 Å². The van der Waals surface area contributed by atoms with Crippen LogP contribution in [0.1, 0.15) is 25.3 Å². The molecule has 148 valence electrons. The van der Waals surface area contributed by atoms with Gasteiger partial charge in [-0.2, -0.15) is 0 Å². The summed E-state index contributed by atoms with van der Waals surface area (Å²) in [7, 11) is -6.00. The summed E-state index contributed by atoms with van der Waals surface area (Å²) < 4.78 is 39.0. The molecule has 3 rings (SSSR count). The third-order valence-electron chi connectivity index (χ3n) is 4.19. The van der Waals surface area contributed by atoms with Crippen LogP contribution >= 0.6 is 0 Å². The molecule has 3 aromatic carbocycles. The van der Waals surface area contributed by atoms with E-state index in [-0.39, 0.29) is 0 Å². The second-order valence-electron chi connectivity index (χ2n) is 6.40. The van der Waals surface area contributed by atoms with Gasteiger partial charge in [-0.25, -0.2) is 4.90 Å².